The third kappa shape index (κ3) is 3.35. The van der Waals surface area contributed by atoms with E-state index in [2.05, 4.69) is 45.0 Å². The number of hydrogen-bond donors (Lipinski definition) is 1. The predicted molar refractivity (Wildman–Crippen MR) is 82.1 cm³/mol. The number of rotatable bonds is 7. The zero-order valence-corrected chi connectivity index (χ0v) is 14.0. The molecule has 0 radical (unpaired) electrons. The summed E-state index contributed by atoms with van der Waals surface area (Å²) in [5.41, 5.74) is -0.198. The van der Waals surface area contributed by atoms with E-state index in [0.29, 0.717) is 12.0 Å². The van der Waals surface area contributed by atoms with Crippen molar-refractivity contribution < 1.29 is 9.47 Å². The van der Waals surface area contributed by atoms with Crippen molar-refractivity contribution >= 4 is 0 Å². The maximum Gasteiger partial charge on any atom is 0.0790 e. The molecule has 0 aromatic rings. The van der Waals surface area contributed by atoms with Crippen LogP contribution in [0, 0.1) is 5.92 Å². The highest BCUT2D eigenvalue weighted by Crippen LogP contribution is 2.43. The van der Waals surface area contributed by atoms with E-state index in [1.54, 1.807) is 7.11 Å². The molecule has 2 rings (SSSR count). The maximum absolute atomic E-state index is 6.34. The summed E-state index contributed by atoms with van der Waals surface area (Å²) in [4.78, 5) is 2.60. The molecule has 118 valence electrons. The van der Waals surface area contributed by atoms with Crippen LogP contribution in [-0.2, 0) is 9.47 Å². The average molecular weight is 284 g/mol. The SMILES string of the molecule is CNC1C(CN(CCOC)C2CC2)C(C)(C)OC1(C)C. The van der Waals surface area contributed by atoms with Gasteiger partial charge in [0.2, 0.25) is 0 Å². The van der Waals surface area contributed by atoms with Gasteiger partial charge >= 0.3 is 0 Å². The first kappa shape index (κ1) is 16.2. The van der Waals surface area contributed by atoms with Crippen LogP contribution in [0.3, 0.4) is 0 Å². The summed E-state index contributed by atoms with van der Waals surface area (Å²) in [6, 6.07) is 1.16. The van der Waals surface area contributed by atoms with E-state index in [1.807, 2.05) is 0 Å². The maximum atomic E-state index is 6.34. The van der Waals surface area contributed by atoms with Crippen LogP contribution >= 0.6 is 0 Å². The molecular weight excluding hydrogens is 252 g/mol. The Hall–Kier alpha value is -0.160. The van der Waals surface area contributed by atoms with Gasteiger partial charge in [-0.05, 0) is 47.6 Å². The van der Waals surface area contributed by atoms with Crippen molar-refractivity contribution in [1.82, 2.24) is 10.2 Å². The minimum Gasteiger partial charge on any atom is -0.383 e. The zero-order valence-electron chi connectivity index (χ0n) is 14.0. The normalized spacial score (nSPS) is 31.9. The molecule has 0 bridgehead atoms. The van der Waals surface area contributed by atoms with Gasteiger partial charge in [-0.15, -0.1) is 0 Å². The molecule has 1 N–H and O–H groups in total. The molecule has 4 nitrogen and oxygen atoms in total. The van der Waals surface area contributed by atoms with Gasteiger partial charge in [-0.2, -0.15) is 0 Å². The summed E-state index contributed by atoms with van der Waals surface area (Å²) < 4.78 is 11.6. The first-order chi connectivity index (χ1) is 9.31. The van der Waals surface area contributed by atoms with E-state index in [-0.39, 0.29) is 11.2 Å². The topological polar surface area (TPSA) is 33.7 Å². The van der Waals surface area contributed by atoms with E-state index < -0.39 is 0 Å². The van der Waals surface area contributed by atoms with Gasteiger partial charge in [0, 0.05) is 38.2 Å². The third-order valence-corrected chi connectivity index (χ3v) is 4.96. The van der Waals surface area contributed by atoms with Crippen LogP contribution in [0.5, 0.6) is 0 Å². The molecule has 20 heavy (non-hydrogen) atoms. The Morgan fingerprint density at radius 1 is 1.20 bits per heavy atom. The zero-order chi connectivity index (χ0) is 15.0. The molecule has 4 heteroatoms. The average Bonchev–Trinajstić information content (AvgIpc) is 3.12. The lowest BCUT2D eigenvalue weighted by Crippen LogP contribution is -2.50. The third-order valence-electron chi connectivity index (χ3n) is 4.96. The molecule has 1 heterocycles. The van der Waals surface area contributed by atoms with Gasteiger partial charge in [0.05, 0.1) is 17.8 Å². The molecule has 2 aliphatic rings. The van der Waals surface area contributed by atoms with Gasteiger partial charge in [0.1, 0.15) is 0 Å². The molecule has 1 aliphatic carbocycles. The van der Waals surface area contributed by atoms with Gasteiger partial charge < -0.3 is 14.8 Å². The molecule has 2 atom stereocenters. The lowest BCUT2D eigenvalue weighted by atomic mass is 9.82. The summed E-state index contributed by atoms with van der Waals surface area (Å²) in [6.45, 7) is 11.8. The number of likely N-dealkylation sites (N-methyl/N-ethyl adjacent to an activating group) is 1. The number of nitrogens with zero attached hydrogens (tertiary/aromatic N) is 1. The Bertz CT molecular complexity index is 326. The van der Waals surface area contributed by atoms with E-state index in [1.165, 1.54) is 12.8 Å². The van der Waals surface area contributed by atoms with Crippen LogP contribution in [0.4, 0.5) is 0 Å². The monoisotopic (exact) mass is 284 g/mol. The molecule has 1 saturated carbocycles. The predicted octanol–water partition coefficient (Wildman–Crippen LogP) is 1.89. The first-order valence-corrected chi connectivity index (χ1v) is 7.92. The van der Waals surface area contributed by atoms with Gasteiger partial charge in [-0.25, -0.2) is 0 Å². The summed E-state index contributed by atoms with van der Waals surface area (Å²) in [5, 5.41) is 3.50. The number of methoxy groups -OCH3 is 1. The van der Waals surface area contributed by atoms with Crippen molar-refractivity contribution in [3.63, 3.8) is 0 Å². The second kappa shape index (κ2) is 5.91. The first-order valence-electron chi connectivity index (χ1n) is 7.92. The van der Waals surface area contributed by atoms with Gasteiger partial charge in [0.25, 0.3) is 0 Å². The van der Waals surface area contributed by atoms with Crippen LogP contribution in [-0.4, -0.2) is 62.0 Å². The number of nitrogens with one attached hydrogen (secondary N) is 1. The molecule has 0 aromatic carbocycles. The van der Waals surface area contributed by atoms with E-state index in [0.717, 1.165) is 25.7 Å². The summed E-state index contributed by atoms with van der Waals surface area (Å²) in [6.07, 6.45) is 2.68. The minimum absolute atomic E-state index is 0.0859. The van der Waals surface area contributed by atoms with Crippen molar-refractivity contribution in [2.24, 2.45) is 5.92 Å². The highest BCUT2D eigenvalue weighted by Gasteiger charge is 2.53. The fourth-order valence-electron chi connectivity index (χ4n) is 3.90. The smallest absolute Gasteiger partial charge is 0.0790 e. The van der Waals surface area contributed by atoms with Crippen LogP contribution in [0.25, 0.3) is 0 Å². The highest BCUT2D eigenvalue weighted by atomic mass is 16.5. The molecule has 1 saturated heterocycles. The Morgan fingerprint density at radius 2 is 1.85 bits per heavy atom. The molecule has 0 amide bonds. The van der Waals surface area contributed by atoms with Crippen molar-refractivity contribution in [2.45, 2.75) is 63.8 Å². The summed E-state index contributed by atoms with van der Waals surface area (Å²) in [7, 11) is 3.84. The Balaban J connectivity index is 2.07. The van der Waals surface area contributed by atoms with Crippen molar-refractivity contribution in [2.75, 3.05) is 33.9 Å². The fraction of sp³-hybridized carbons (Fsp3) is 1.00. The quantitative estimate of drug-likeness (QED) is 0.774. The Morgan fingerprint density at radius 3 is 2.35 bits per heavy atom. The van der Waals surface area contributed by atoms with Gasteiger partial charge in [0.15, 0.2) is 0 Å². The molecule has 0 aromatic heterocycles. The second-order valence-corrected chi connectivity index (χ2v) is 7.40. The minimum atomic E-state index is -0.112. The van der Waals surface area contributed by atoms with E-state index in [9.17, 15) is 0 Å². The summed E-state index contributed by atoms with van der Waals surface area (Å²) in [5.74, 6) is 0.500. The Kier molecular flexibility index (Phi) is 4.80. The Labute approximate surface area is 124 Å². The van der Waals surface area contributed by atoms with Crippen LogP contribution in [0.1, 0.15) is 40.5 Å². The lowest BCUT2D eigenvalue weighted by molar-refractivity contribution is -0.0798. The molecule has 2 unspecified atom stereocenters. The fourth-order valence-corrected chi connectivity index (χ4v) is 3.90. The summed E-state index contributed by atoms with van der Waals surface area (Å²) >= 11 is 0. The molecule has 0 spiro atoms. The van der Waals surface area contributed by atoms with E-state index in [4.69, 9.17) is 9.47 Å². The van der Waals surface area contributed by atoms with Crippen LogP contribution < -0.4 is 5.32 Å². The van der Waals surface area contributed by atoms with Gasteiger partial charge in [-0.1, -0.05) is 0 Å². The van der Waals surface area contributed by atoms with Crippen LogP contribution in [0.2, 0.25) is 0 Å². The lowest BCUT2D eigenvalue weighted by Gasteiger charge is -2.34. The highest BCUT2D eigenvalue weighted by molar-refractivity contribution is 5.06. The number of ether oxygens (including phenoxy) is 2. The standard InChI is InChI=1S/C16H32N2O2/c1-15(2)13(14(17-5)16(3,4)20-15)11-18(9-10-19-6)12-7-8-12/h12-14,17H,7-11H2,1-6H3. The molecule has 2 fully saturated rings. The van der Waals surface area contributed by atoms with E-state index >= 15 is 0 Å². The molecule has 1 aliphatic heterocycles. The van der Waals surface area contributed by atoms with Crippen LogP contribution in [0.15, 0.2) is 0 Å². The molecular formula is C16H32N2O2. The van der Waals surface area contributed by atoms with Crippen molar-refractivity contribution in [3.05, 3.63) is 0 Å². The van der Waals surface area contributed by atoms with Crippen molar-refractivity contribution in [3.8, 4) is 0 Å². The van der Waals surface area contributed by atoms with Gasteiger partial charge in [-0.3, -0.25) is 4.90 Å². The number of hydrogen-bond acceptors (Lipinski definition) is 4. The second-order valence-electron chi connectivity index (χ2n) is 7.40. The van der Waals surface area contributed by atoms with Crippen molar-refractivity contribution in [1.29, 1.82) is 0 Å². The largest absolute Gasteiger partial charge is 0.383 e.